The van der Waals surface area contributed by atoms with Crippen molar-refractivity contribution in [2.45, 2.75) is 13.0 Å². The highest BCUT2D eigenvalue weighted by Gasteiger charge is 2.19. The van der Waals surface area contributed by atoms with Crippen molar-refractivity contribution in [3.05, 3.63) is 50.8 Å². The van der Waals surface area contributed by atoms with Crippen molar-refractivity contribution in [1.82, 2.24) is 29.5 Å². The second-order valence-corrected chi connectivity index (χ2v) is 7.90. The zero-order chi connectivity index (χ0) is 21.3. The van der Waals surface area contributed by atoms with Crippen LogP contribution in [0.5, 0.6) is 0 Å². The molecule has 0 saturated heterocycles. The molecule has 156 valence electrons. The molecule has 0 fully saturated rings. The molecule has 0 aliphatic carbocycles. The minimum Gasteiger partial charge on any atom is -0.400 e. The van der Waals surface area contributed by atoms with Crippen LogP contribution in [0, 0.1) is 0 Å². The van der Waals surface area contributed by atoms with E-state index in [4.69, 9.17) is 15.5 Å². The van der Waals surface area contributed by atoms with Crippen molar-refractivity contribution in [2.24, 2.45) is 17.8 Å². The van der Waals surface area contributed by atoms with E-state index in [1.165, 1.54) is 4.68 Å². The molecule has 4 heterocycles. The smallest absolute Gasteiger partial charge is 0.291 e. The first-order valence-corrected chi connectivity index (χ1v) is 10.1. The zero-order valence-corrected chi connectivity index (χ0v) is 17.7. The summed E-state index contributed by atoms with van der Waals surface area (Å²) in [5.41, 5.74) is 9.48. The standard InChI is InChI=1S/C19H22N8O2S/c1-21-7-11(10-29-3)14(20)9-27-19(28)16-13(8-23-27)17-18(26(16)2)24-15(30-17)6-12-4-5-22-25-12/h4-5,7-8H,6,9-10,20H2,1-3H3,(H,22,25). The predicted molar refractivity (Wildman–Crippen MR) is 117 cm³/mol. The number of hydrogen-bond donors (Lipinski definition) is 2. The Kier molecular flexibility index (Phi) is 5.46. The van der Waals surface area contributed by atoms with Gasteiger partial charge in [-0.3, -0.25) is 14.9 Å². The Labute approximate surface area is 175 Å². The van der Waals surface area contributed by atoms with Gasteiger partial charge in [-0.05, 0) is 6.07 Å². The highest BCUT2D eigenvalue weighted by molar-refractivity contribution is 7.19. The van der Waals surface area contributed by atoms with Crippen molar-refractivity contribution in [1.29, 1.82) is 0 Å². The Balaban J connectivity index is 1.75. The molecule has 4 aromatic rings. The first kappa shape index (κ1) is 20.0. The third kappa shape index (κ3) is 3.53. The molecule has 3 N–H and O–H groups in total. The van der Waals surface area contributed by atoms with Crippen molar-refractivity contribution < 1.29 is 4.74 Å². The summed E-state index contributed by atoms with van der Waals surface area (Å²) in [5.74, 6) is 0. The van der Waals surface area contributed by atoms with Gasteiger partial charge in [0, 0.05) is 62.4 Å². The van der Waals surface area contributed by atoms with Gasteiger partial charge in [0.05, 0.1) is 24.0 Å². The third-order valence-corrected chi connectivity index (χ3v) is 5.86. The maximum absolute atomic E-state index is 13.1. The molecule has 0 bridgehead atoms. The minimum absolute atomic E-state index is 0.150. The number of thiazole rings is 1. The van der Waals surface area contributed by atoms with Crippen LogP contribution in [0.3, 0.4) is 0 Å². The number of nitrogens with two attached hydrogens (primary N) is 1. The fraction of sp³-hybridized carbons (Fsp3) is 0.316. The molecule has 0 aliphatic rings. The number of ether oxygens (including phenoxy) is 1. The van der Waals surface area contributed by atoms with E-state index in [2.05, 4.69) is 20.3 Å². The molecule has 11 heteroatoms. The lowest BCUT2D eigenvalue weighted by Gasteiger charge is -2.09. The third-order valence-electron chi connectivity index (χ3n) is 4.79. The monoisotopic (exact) mass is 426 g/mol. The predicted octanol–water partition coefficient (Wildman–Crippen LogP) is 1.22. The van der Waals surface area contributed by atoms with Gasteiger partial charge in [0.2, 0.25) is 0 Å². The molecule has 0 aliphatic heterocycles. The first-order valence-electron chi connectivity index (χ1n) is 9.24. The Bertz CT molecular complexity index is 1310. The lowest BCUT2D eigenvalue weighted by molar-refractivity contribution is 0.229. The summed E-state index contributed by atoms with van der Waals surface area (Å²) in [5, 5.41) is 13.0. The fourth-order valence-electron chi connectivity index (χ4n) is 3.35. The number of rotatable bonds is 7. The summed E-state index contributed by atoms with van der Waals surface area (Å²) in [6.45, 7) is 0.458. The van der Waals surface area contributed by atoms with E-state index < -0.39 is 0 Å². The topological polar surface area (TPSA) is 129 Å². The molecular weight excluding hydrogens is 404 g/mol. The molecule has 0 amide bonds. The van der Waals surface area contributed by atoms with Crippen LogP contribution in [0.25, 0.3) is 21.3 Å². The zero-order valence-electron chi connectivity index (χ0n) is 16.9. The molecule has 0 atom stereocenters. The van der Waals surface area contributed by atoms with E-state index in [0.29, 0.717) is 29.8 Å². The first-order chi connectivity index (χ1) is 14.5. The summed E-state index contributed by atoms with van der Waals surface area (Å²) in [7, 11) is 5.08. The minimum atomic E-state index is -0.219. The van der Waals surface area contributed by atoms with E-state index in [0.717, 1.165) is 26.4 Å². The molecule has 10 nitrogen and oxygen atoms in total. The van der Waals surface area contributed by atoms with Crippen LogP contribution >= 0.6 is 11.3 Å². The molecule has 0 saturated carbocycles. The van der Waals surface area contributed by atoms with Crippen molar-refractivity contribution in [2.75, 3.05) is 20.8 Å². The number of fused-ring (bicyclic) bond motifs is 3. The van der Waals surface area contributed by atoms with Crippen LogP contribution in [0.1, 0.15) is 10.7 Å². The summed E-state index contributed by atoms with van der Waals surface area (Å²) >= 11 is 1.56. The van der Waals surface area contributed by atoms with Crippen molar-refractivity contribution >= 4 is 38.8 Å². The normalized spacial score (nSPS) is 13.0. The molecule has 4 aromatic heterocycles. The number of H-pyrrole nitrogens is 1. The van der Waals surface area contributed by atoms with Gasteiger partial charge in [0.1, 0.15) is 10.5 Å². The maximum Gasteiger partial charge on any atom is 0.291 e. The molecule has 0 unspecified atom stereocenters. The highest BCUT2D eigenvalue weighted by atomic mass is 32.1. The van der Waals surface area contributed by atoms with E-state index in [1.54, 1.807) is 44.1 Å². The number of aliphatic imine (C=N–C) groups is 1. The van der Waals surface area contributed by atoms with Gasteiger partial charge in [-0.15, -0.1) is 11.3 Å². The average Bonchev–Trinajstić information content (AvgIpc) is 3.43. The van der Waals surface area contributed by atoms with Crippen molar-refractivity contribution in [3.63, 3.8) is 0 Å². The summed E-state index contributed by atoms with van der Waals surface area (Å²) in [4.78, 5) is 21.8. The van der Waals surface area contributed by atoms with Gasteiger partial charge in [-0.25, -0.2) is 9.67 Å². The maximum atomic E-state index is 13.1. The van der Waals surface area contributed by atoms with Gasteiger partial charge in [-0.1, -0.05) is 0 Å². The van der Waals surface area contributed by atoms with E-state index in [9.17, 15) is 4.79 Å². The number of nitrogens with zero attached hydrogens (tertiary/aromatic N) is 6. The lowest BCUT2D eigenvalue weighted by atomic mass is 10.2. The summed E-state index contributed by atoms with van der Waals surface area (Å²) < 4.78 is 9.28. The number of aryl methyl sites for hydroxylation is 1. The second-order valence-electron chi connectivity index (χ2n) is 6.82. The second kappa shape index (κ2) is 8.20. The molecule has 4 rings (SSSR count). The number of methoxy groups -OCH3 is 1. The van der Waals surface area contributed by atoms with Crippen LogP contribution in [-0.4, -0.2) is 56.5 Å². The fourth-order valence-corrected chi connectivity index (χ4v) is 4.48. The molecule has 0 aromatic carbocycles. The van der Waals surface area contributed by atoms with E-state index in [1.807, 2.05) is 17.7 Å². The molecule has 30 heavy (non-hydrogen) atoms. The van der Waals surface area contributed by atoms with E-state index in [-0.39, 0.29) is 12.1 Å². The van der Waals surface area contributed by atoms with Gasteiger partial charge < -0.3 is 15.0 Å². The van der Waals surface area contributed by atoms with Gasteiger partial charge in [-0.2, -0.15) is 10.2 Å². The number of hydrogen-bond acceptors (Lipinski definition) is 8. The quantitative estimate of drug-likeness (QED) is 0.428. The average molecular weight is 427 g/mol. The van der Waals surface area contributed by atoms with Crippen LogP contribution in [-0.2, 0) is 24.8 Å². The number of aromatic amines is 1. The SMILES string of the molecule is CN=CC(COC)=C(N)Cn1ncc2c3sc(Cc4ccn[nH]4)nc3n(C)c2c1=O. The highest BCUT2D eigenvalue weighted by Crippen LogP contribution is 2.31. The molecule has 0 spiro atoms. The Hall–Kier alpha value is -3.31. The van der Waals surface area contributed by atoms with Crippen LogP contribution in [0.2, 0.25) is 0 Å². The Morgan fingerprint density at radius 2 is 2.30 bits per heavy atom. The van der Waals surface area contributed by atoms with E-state index >= 15 is 0 Å². The van der Waals surface area contributed by atoms with Crippen LogP contribution < -0.4 is 11.3 Å². The largest absolute Gasteiger partial charge is 0.400 e. The molecular formula is C19H22N8O2S. The van der Waals surface area contributed by atoms with Crippen LogP contribution in [0.15, 0.2) is 39.5 Å². The number of nitrogens with one attached hydrogen (secondary N) is 1. The van der Waals surface area contributed by atoms with Gasteiger partial charge in [0.15, 0.2) is 5.65 Å². The van der Waals surface area contributed by atoms with Crippen molar-refractivity contribution in [3.8, 4) is 0 Å². The van der Waals surface area contributed by atoms with Crippen LogP contribution in [0.4, 0.5) is 0 Å². The number of aromatic nitrogens is 6. The number of allylic oxidation sites excluding steroid dienone is 1. The lowest BCUT2D eigenvalue weighted by Crippen LogP contribution is -2.27. The summed E-state index contributed by atoms with van der Waals surface area (Å²) in [6.07, 6.45) is 5.71. The summed E-state index contributed by atoms with van der Waals surface area (Å²) in [6, 6.07) is 1.92. The Morgan fingerprint density at radius 3 is 3.00 bits per heavy atom. The molecule has 0 radical (unpaired) electrons. The Morgan fingerprint density at radius 1 is 1.47 bits per heavy atom. The van der Waals surface area contributed by atoms with Gasteiger partial charge >= 0.3 is 0 Å². The van der Waals surface area contributed by atoms with Gasteiger partial charge in [0.25, 0.3) is 5.56 Å².